The smallest absolute Gasteiger partial charge is 0.276 e. The molecule has 5 atom stereocenters. The quantitative estimate of drug-likeness (QED) is 0.717. The largest absolute Gasteiger partial charge is 0.503 e. The summed E-state index contributed by atoms with van der Waals surface area (Å²) in [5.74, 6) is -3.83. The first-order chi connectivity index (χ1) is 16.3. The van der Waals surface area contributed by atoms with E-state index in [2.05, 4.69) is 5.32 Å². The number of benzene rings is 1. The Bertz CT molecular complexity index is 1310. The number of fused-ring (bicyclic) bond motifs is 5. The van der Waals surface area contributed by atoms with E-state index in [0.29, 0.717) is 18.2 Å². The third kappa shape index (κ3) is 2.87. The van der Waals surface area contributed by atoms with Gasteiger partial charge in [0.15, 0.2) is 17.7 Å². The summed E-state index contributed by atoms with van der Waals surface area (Å²) < 4.78 is 35.0. The third-order valence-electron chi connectivity index (χ3n) is 7.62. The number of pyridine rings is 1. The SMILES string of the molecule is CC1C[C@H]2[C@H]3OC4CCC(C4)N3C(=O)c3c(O)c(=O)c(C(=O)NCc4ccc(F)cc4F)c1n32. The van der Waals surface area contributed by atoms with Crippen LogP contribution < -0.4 is 10.7 Å². The Morgan fingerprint density at radius 1 is 1.24 bits per heavy atom. The summed E-state index contributed by atoms with van der Waals surface area (Å²) in [4.78, 5) is 41.4. The van der Waals surface area contributed by atoms with Crippen LogP contribution in [0.15, 0.2) is 23.0 Å². The maximum absolute atomic E-state index is 14.0. The van der Waals surface area contributed by atoms with E-state index in [1.165, 1.54) is 6.07 Å². The number of carbonyl (C=O) groups excluding carboxylic acids is 2. The van der Waals surface area contributed by atoms with Crippen molar-refractivity contribution in [2.75, 3.05) is 0 Å². The molecule has 3 aliphatic heterocycles. The van der Waals surface area contributed by atoms with Gasteiger partial charge in [0.05, 0.1) is 12.1 Å². The molecule has 4 aliphatic rings. The molecule has 6 rings (SSSR count). The highest BCUT2D eigenvalue weighted by molar-refractivity contribution is 6.01. The fourth-order valence-corrected chi connectivity index (χ4v) is 6.15. The van der Waals surface area contributed by atoms with Crippen LogP contribution in [0.3, 0.4) is 0 Å². The lowest BCUT2D eigenvalue weighted by molar-refractivity contribution is -0.147. The Kier molecular flexibility index (Phi) is 4.61. The molecule has 8 nitrogen and oxygen atoms in total. The number of hydrogen-bond acceptors (Lipinski definition) is 5. The molecule has 10 heteroatoms. The van der Waals surface area contributed by atoms with E-state index >= 15 is 0 Å². The van der Waals surface area contributed by atoms with Crippen molar-refractivity contribution in [1.29, 1.82) is 0 Å². The molecule has 0 spiro atoms. The molecule has 4 heterocycles. The molecule has 2 bridgehead atoms. The van der Waals surface area contributed by atoms with Crippen LogP contribution >= 0.6 is 0 Å². The van der Waals surface area contributed by atoms with Gasteiger partial charge in [0, 0.05) is 29.9 Å². The molecular weight excluding hydrogens is 448 g/mol. The number of ether oxygens (including phenoxy) is 1. The van der Waals surface area contributed by atoms with Crippen LogP contribution in [0.2, 0.25) is 0 Å². The second-order valence-electron chi connectivity index (χ2n) is 9.61. The van der Waals surface area contributed by atoms with Crippen LogP contribution in [-0.2, 0) is 11.3 Å². The van der Waals surface area contributed by atoms with Crippen LogP contribution in [0.1, 0.15) is 76.7 Å². The maximum Gasteiger partial charge on any atom is 0.276 e. The van der Waals surface area contributed by atoms with E-state index in [0.717, 1.165) is 25.3 Å². The van der Waals surface area contributed by atoms with E-state index in [4.69, 9.17) is 4.74 Å². The van der Waals surface area contributed by atoms with Gasteiger partial charge in [0.2, 0.25) is 5.43 Å². The van der Waals surface area contributed by atoms with Crippen molar-refractivity contribution in [3.63, 3.8) is 0 Å². The Labute approximate surface area is 193 Å². The zero-order valence-corrected chi connectivity index (χ0v) is 18.4. The number of halogens is 2. The molecule has 3 unspecified atom stereocenters. The van der Waals surface area contributed by atoms with Gasteiger partial charge < -0.3 is 24.6 Å². The van der Waals surface area contributed by atoms with Gasteiger partial charge in [-0.05, 0) is 37.7 Å². The van der Waals surface area contributed by atoms with Crippen LogP contribution in [0.5, 0.6) is 5.75 Å². The lowest BCUT2D eigenvalue weighted by Crippen LogP contribution is -2.58. The molecule has 178 valence electrons. The summed E-state index contributed by atoms with van der Waals surface area (Å²) in [7, 11) is 0. The zero-order chi connectivity index (χ0) is 23.9. The van der Waals surface area contributed by atoms with Gasteiger partial charge >= 0.3 is 0 Å². The van der Waals surface area contributed by atoms with Gasteiger partial charge in [-0.3, -0.25) is 14.4 Å². The highest BCUT2D eigenvalue weighted by atomic mass is 19.1. The molecule has 2 aromatic rings. The highest BCUT2D eigenvalue weighted by Crippen LogP contribution is 2.50. The van der Waals surface area contributed by atoms with Gasteiger partial charge in [0.1, 0.15) is 17.2 Å². The molecule has 2 fully saturated rings. The Hall–Kier alpha value is -3.27. The van der Waals surface area contributed by atoms with Crippen molar-refractivity contribution in [3.8, 4) is 5.75 Å². The number of nitrogens with zero attached hydrogens (tertiary/aromatic N) is 2. The van der Waals surface area contributed by atoms with Crippen molar-refractivity contribution in [2.45, 2.75) is 69.5 Å². The summed E-state index contributed by atoms with van der Waals surface area (Å²) in [6, 6.07) is 2.68. The second kappa shape index (κ2) is 7.36. The van der Waals surface area contributed by atoms with Crippen LogP contribution in [0.25, 0.3) is 0 Å². The number of amides is 2. The number of nitrogens with one attached hydrogen (secondary N) is 1. The summed E-state index contributed by atoms with van der Waals surface area (Å²) >= 11 is 0. The molecule has 2 amide bonds. The number of hydrogen-bond donors (Lipinski definition) is 2. The predicted octanol–water partition coefficient (Wildman–Crippen LogP) is 2.54. The van der Waals surface area contributed by atoms with Crippen molar-refractivity contribution < 1.29 is 28.2 Å². The minimum absolute atomic E-state index is 0.00689. The fraction of sp³-hybridized carbons (Fsp3) is 0.458. The van der Waals surface area contributed by atoms with Gasteiger partial charge in [-0.2, -0.15) is 0 Å². The second-order valence-corrected chi connectivity index (χ2v) is 9.61. The Morgan fingerprint density at radius 2 is 2.03 bits per heavy atom. The molecule has 0 radical (unpaired) electrons. The third-order valence-corrected chi connectivity index (χ3v) is 7.62. The first kappa shape index (κ1) is 21.3. The summed E-state index contributed by atoms with van der Waals surface area (Å²) in [6.45, 7) is 1.59. The molecule has 1 aromatic carbocycles. The predicted molar refractivity (Wildman–Crippen MR) is 114 cm³/mol. The number of carbonyl (C=O) groups is 2. The van der Waals surface area contributed by atoms with Crippen LogP contribution in [0.4, 0.5) is 8.78 Å². The van der Waals surface area contributed by atoms with E-state index in [9.17, 15) is 28.3 Å². The number of aromatic nitrogens is 1. The molecule has 1 aromatic heterocycles. The Morgan fingerprint density at radius 3 is 2.79 bits per heavy atom. The normalized spacial score (nSPS) is 28.6. The van der Waals surface area contributed by atoms with Gasteiger partial charge in [0.25, 0.3) is 11.8 Å². The lowest BCUT2D eigenvalue weighted by atomic mass is 9.98. The maximum atomic E-state index is 14.0. The van der Waals surface area contributed by atoms with Gasteiger partial charge in [-0.25, -0.2) is 8.78 Å². The first-order valence-electron chi connectivity index (χ1n) is 11.5. The topological polar surface area (TPSA) is 101 Å². The van der Waals surface area contributed by atoms with Crippen LogP contribution in [0, 0.1) is 11.6 Å². The monoisotopic (exact) mass is 471 g/mol. The van der Waals surface area contributed by atoms with Crippen molar-refractivity contribution >= 4 is 11.8 Å². The van der Waals surface area contributed by atoms with Crippen molar-refractivity contribution in [1.82, 2.24) is 14.8 Å². The van der Waals surface area contributed by atoms with Crippen molar-refractivity contribution in [3.05, 3.63) is 62.6 Å². The van der Waals surface area contributed by atoms with Gasteiger partial charge in [-0.15, -0.1) is 0 Å². The van der Waals surface area contributed by atoms with Crippen molar-refractivity contribution in [2.24, 2.45) is 0 Å². The van der Waals surface area contributed by atoms with E-state index < -0.39 is 40.9 Å². The molecule has 34 heavy (non-hydrogen) atoms. The zero-order valence-electron chi connectivity index (χ0n) is 18.4. The number of aromatic hydroxyl groups is 1. The lowest BCUT2D eigenvalue weighted by Gasteiger charge is -2.47. The molecule has 2 N–H and O–H groups in total. The molecule has 1 aliphatic carbocycles. The average Bonchev–Trinajstić information content (AvgIpc) is 3.33. The summed E-state index contributed by atoms with van der Waals surface area (Å²) in [5.41, 5.74) is -0.870. The first-order valence-corrected chi connectivity index (χ1v) is 11.5. The van der Waals surface area contributed by atoms with E-state index in [-0.39, 0.29) is 47.5 Å². The van der Waals surface area contributed by atoms with Gasteiger partial charge in [-0.1, -0.05) is 13.0 Å². The molecule has 1 saturated heterocycles. The molecule has 1 saturated carbocycles. The number of rotatable bonds is 3. The van der Waals surface area contributed by atoms with Crippen LogP contribution in [-0.4, -0.2) is 44.8 Å². The summed E-state index contributed by atoms with van der Waals surface area (Å²) in [6.07, 6.45) is 2.50. The van der Waals surface area contributed by atoms with E-state index in [1.54, 1.807) is 9.47 Å². The average molecular weight is 471 g/mol. The summed E-state index contributed by atoms with van der Waals surface area (Å²) in [5, 5.41) is 13.3. The highest BCUT2D eigenvalue weighted by Gasteiger charge is 2.55. The fourth-order valence-electron chi connectivity index (χ4n) is 6.15. The standard InChI is InChI=1S/C24H23F2N3O5/c1-10-6-16-24-28(13-4-5-14(8-13)34-24)23(33)19-21(31)20(30)17(18(10)29(16)19)22(32)27-9-11-2-3-12(25)7-15(11)26/h2-3,7,10,13-14,16,24,31H,4-6,8-9H2,1H3,(H,27,32)/t10?,13?,14?,16-,24+/m0/s1. The minimum Gasteiger partial charge on any atom is -0.503 e. The Balaban J connectivity index is 1.42. The minimum atomic E-state index is -0.931. The van der Waals surface area contributed by atoms with E-state index in [1.807, 2.05) is 6.92 Å². The molecular formula is C24H23F2N3O5.